The van der Waals surface area contributed by atoms with E-state index in [1.165, 1.54) is 5.56 Å². The third kappa shape index (κ3) is 3.89. The van der Waals surface area contributed by atoms with Gasteiger partial charge in [-0.1, -0.05) is 55.2 Å². The van der Waals surface area contributed by atoms with E-state index in [1.54, 1.807) is 6.07 Å². The van der Waals surface area contributed by atoms with E-state index in [-0.39, 0.29) is 0 Å². The van der Waals surface area contributed by atoms with Gasteiger partial charge >= 0.3 is 0 Å². The molecule has 0 atom stereocenters. The quantitative estimate of drug-likeness (QED) is 0.759. The molecule has 0 aliphatic carbocycles. The van der Waals surface area contributed by atoms with Gasteiger partial charge in [-0.15, -0.1) is 0 Å². The highest BCUT2D eigenvalue weighted by atomic mass is 35.5. The topological polar surface area (TPSA) is 12.0 Å². The molecule has 100 valence electrons. The smallest absolute Gasteiger partial charge is 0.0424 e. The molecule has 0 aliphatic rings. The molecule has 2 aromatic rings. The fourth-order valence-electron chi connectivity index (χ4n) is 2.07. The largest absolute Gasteiger partial charge is 0.381 e. The van der Waals surface area contributed by atoms with Gasteiger partial charge in [0.1, 0.15) is 0 Å². The number of hydrogen-bond donors (Lipinski definition) is 1. The molecule has 0 bridgehead atoms. The van der Waals surface area contributed by atoms with Gasteiger partial charge in [0.25, 0.3) is 0 Å². The van der Waals surface area contributed by atoms with Crippen LogP contribution < -0.4 is 5.32 Å². The summed E-state index contributed by atoms with van der Waals surface area (Å²) in [5.74, 6) is 0.492. The molecule has 0 aliphatic heterocycles. The van der Waals surface area contributed by atoms with Gasteiger partial charge in [-0.05, 0) is 41.3 Å². The highest BCUT2D eigenvalue weighted by Gasteiger charge is 2.05. The average molecular weight is 294 g/mol. The van der Waals surface area contributed by atoms with Crippen molar-refractivity contribution in [2.45, 2.75) is 26.3 Å². The molecule has 0 unspecified atom stereocenters. The molecule has 0 heterocycles. The molecular formula is C16H17Cl2N. The zero-order valence-electron chi connectivity index (χ0n) is 11.1. The third-order valence-corrected chi connectivity index (χ3v) is 3.42. The van der Waals surface area contributed by atoms with Crippen LogP contribution in [0.5, 0.6) is 0 Å². The Kier molecular flexibility index (Phi) is 4.73. The summed E-state index contributed by atoms with van der Waals surface area (Å²) in [6, 6.07) is 14.0. The Labute approximate surface area is 124 Å². The molecule has 0 saturated carbocycles. The molecule has 3 heteroatoms. The maximum atomic E-state index is 6.00. The molecule has 0 radical (unpaired) electrons. The van der Waals surface area contributed by atoms with E-state index >= 15 is 0 Å². The summed E-state index contributed by atoms with van der Waals surface area (Å²) in [5, 5.41) is 4.78. The number of hydrogen-bond acceptors (Lipinski definition) is 1. The second kappa shape index (κ2) is 6.31. The number of para-hydroxylation sites is 1. The van der Waals surface area contributed by atoms with E-state index in [2.05, 4.69) is 37.4 Å². The summed E-state index contributed by atoms with van der Waals surface area (Å²) in [5.41, 5.74) is 3.56. The van der Waals surface area contributed by atoms with Gasteiger partial charge in [0.15, 0.2) is 0 Å². The lowest BCUT2D eigenvalue weighted by Gasteiger charge is -2.14. The summed E-state index contributed by atoms with van der Waals surface area (Å²) in [6.45, 7) is 5.09. The first-order chi connectivity index (χ1) is 9.06. The summed E-state index contributed by atoms with van der Waals surface area (Å²) in [4.78, 5) is 0. The SMILES string of the molecule is CC(C)c1ccccc1NCc1cc(Cl)cc(Cl)c1. The van der Waals surface area contributed by atoms with Crippen molar-refractivity contribution in [3.63, 3.8) is 0 Å². The maximum Gasteiger partial charge on any atom is 0.0424 e. The standard InChI is InChI=1S/C16H17Cl2N/c1-11(2)15-5-3-4-6-16(15)19-10-12-7-13(17)9-14(18)8-12/h3-9,11,19H,10H2,1-2H3. The Bertz CT molecular complexity index is 544. The minimum Gasteiger partial charge on any atom is -0.381 e. The van der Waals surface area contributed by atoms with Gasteiger partial charge in [0, 0.05) is 22.3 Å². The first kappa shape index (κ1) is 14.2. The Morgan fingerprint density at radius 1 is 1.00 bits per heavy atom. The van der Waals surface area contributed by atoms with E-state index in [0.717, 1.165) is 11.3 Å². The molecule has 2 aromatic carbocycles. The third-order valence-electron chi connectivity index (χ3n) is 2.99. The van der Waals surface area contributed by atoms with Crippen molar-refractivity contribution >= 4 is 28.9 Å². The minimum atomic E-state index is 0.492. The Morgan fingerprint density at radius 3 is 2.26 bits per heavy atom. The summed E-state index contributed by atoms with van der Waals surface area (Å²) >= 11 is 12.0. The lowest BCUT2D eigenvalue weighted by atomic mass is 10.0. The molecule has 0 spiro atoms. The molecule has 0 aromatic heterocycles. The predicted molar refractivity (Wildman–Crippen MR) is 84.3 cm³/mol. The molecule has 1 nitrogen and oxygen atoms in total. The van der Waals surface area contributed by atoms with Crippen LogP contribution in [0.1, 0.15) is 30.9 Å². The fourth-order valence-corrected chi connectivity index (χ4v) is 2.64. The van der Waals surface area contributed by atoms with E-state index < -0.39 is 0 Å². The van der Waals surface area contributed by atoms with Crippen LogP contribution in [-0.2, 0) is 6.54 Å². The number of rotatable bonds is 4. The number of benzene rings is 2. The lowest BCUT2D eigenvalue weighted by Crippen LogP contribution is -2.03. The maximum absolute atomic E-state index is 6.00. The van der Waals surface area contributed by atoms with Crippen LogP contribution in [-0.4, -0.2) is 0 Å². The lowest BCUT2D eigenvalue weighted by molar-refractivity contribution is 0.865. The van der Waals surface area contributed by atoms with Crippen LogP contribution in [0.15, 0.2) is 42.5 Å². The Morgan fingerprint density at radius 2 is 1.63 bits per heavy atom. The van der Waals surface area contributed by atoms with Gasteiger partial charge in [0.2, 0.25) is 0 Å². The summed E-state index contributed by atoms with van der Waals surface area (Å²) in [6.07, 6.45) is 0. The van der Waals surface area contributed by atoms with E-state index in [0.29, 0.717) is 22.5 Å². The van der Waals surface area contributed by atoms with Gasteiger partial charge in [0.05, 0.1) is 0 Å². The van der Waals surface area contributed by atoms with Crippen molar-refractivity contribution in [1.29, 1.82) is 0 Å². The highest BCUT2D eigenvalue weighted by molar-refractivity contribution is 6.34. The molecule has 2 rings (SSSR count). The molecule has 0 amide bonds. The average Bonchev–Trinajstić information content (AvgIpc) is 2.35. The molecule has 1 N–H and O–H groups in total. The van der Waals surface area contributed by atoms with E-state index in [4.69, 9.17) is 23.2 Å². The van der Waals surface area contributed by atoms with Gasteiger partial charge in [-0.3, -0.25) is 0 Å². The number of anilines is 1. The monoisotopic (exact) mass is 293 g/mol. The van der Waals surface area contributed by atoms with Crippen LogP contribution in [0.3, 0.4) is 0 Å². The second-order valence-electron chi connectivity index (χ2n) is 4.87. The van der Waals surface area contributed by atoms with Crippen molar-refractivity contribution in [3.05, 3.63) is 63.6 Å². The Hall–Kier alpha value is -1.18. The zero-order chi connectivity index (χ0) is 13.8. The van der Waals surface area contributed by atoms with Crippen molar-refractivity contribution in [2.24, 2.45) is 0 Å². The fraction of sp³-hybridized carbons (Fsp3) is 0.250. The first-order valence-corrected chi connectivity index (χ1v) is 7.09. The molecular weight excluding hydrogens is 277 g/mol. The second-order valence-corrected chi connectivity index (χ2v) is 5.75. The van der Waals surface area contributed by atoms with Crippen molar-refractivity contribution < 1.29 is 0 Å². The summed E-state index contributed by atoms with van der Waals surface area (Å²) in [7, 11) is 0. The minimum absolute atomic E-state index is 0.492. The van der Waals surface area contributed by atoms with E-state index in [9.17, 15) is 0 Å². The number of halogens is 2. The molecule has 0 fully saturated rings. The van der Waals surface area contributed by atoms with Crippen molar-refractivity contribution in [2.75, 3.05) is 5.32 Å². The van der Waals surface area contributed by atoms with Crippen LogP contribution in [0.4, 0.5) is 5.69 Å². The number of nitrogens with one attached hydrogen (secondary N) is 1. The van der Waals surface area contributed by atoms with Crippen molar-refractivity contribution in [3.8, 4) is 0 Å². The van der Waals surface area contributed by atoms with Crippen molar-refractivity contribution in [1.82, 2.24) is 0 Å². The predicted octanol–water partition coefficient (Wildman–Crippen LogP) is 5.73. The van der Waals surface area contributed by atoms with Crippen LogP contribution in [0.2, 0.25) is 10.0 Å². The zero-order valence-corrected chi connectivity index (χ0v) is 12.6. The van der Waals surface area contributed by atoms with Gasteiger partial charge < -0.3 is 5.32 Å². The highest BCUT2D eigenvalue weighted by Crippen LogP contribution is 2.25. The molecule has 19 heavy (non-hydrogen) atoms. The molecule has 0 saturated heterocycles. The first-order valence-electron chi connectivity index (χ1n) is 6.34. The van der Waals surface area contributed by atoms with Gasteiger partial charge in [-0.25, -0.2) is 0 Å². The van der Waals surface area contributed by atoms with E-state index in [1.807, 2.05) is 18.2 Å². The Balaban J connectivity index is 2.14. The normalized spacial score (nSPS) is 10.8. The van der Waals surface area contributed by atoms with Gasteiger partial charge in [-0.2, -0.15) is 0 Å². The summed E-state index contributed by atoms with van der Waals surface area (Å²) < 4.78 is 0. The van der Waals surface area contributed by atoms with Crippen LogP contribution in [0.25, 0.3) is 0 Å². The van der Waals surface area contributed by atoms with Crippen LogP contribution in [0, 0.1) is 0 Å². The van der Waals surface area contributed by atoms with Crippen LogP contribution >= 0.6 is 23.2 Å².